The lowest BCUT2D eigenvalue weighted by Gasteiger charge is -2.19. The van der Waals surface area contributed by atoms with E-state index in [0.29, 0.717) is 16.5 Å². The number of nitrogens with zero attached hydrogens (tertiary/aromatic N) is 1. The van der Waals surface area contributed by atoms with Crippen LogP contribution in [-0.2, 0) is 11.2 Å². The van der Waals surface area contributed by atoms with Gasteiger partial charge in [-0.15, -0.1) is 0 Å². The number of carbonyl (C=O) groups excluding carboxylic acids is 1. The molecular formula is C23H19ClN2O3. The summed E-state index contributed by atoms with van der Waals surface area (Å²) in [7, 11) is 1.57. The van der Waals surface area contributed by atoms with E-state index >= 15 is 0 Å². The molecule has 4 rings (SSSR count). The van der Waals surface area contributed by atoms with Crippen LogP contribution in [0.15, 0.2) is 70.5 Å². The van der Waals surface area contributed by atoms with Crippen molar-refractivity contribution in [2.24, 2.45) is 4.99 Å². The number of furan rings is 1. The van der Waals surface area contributed by atoms with Gasteiger partial charge in [-0.05, 0) is 48.4 Å². The Kier molecular flexibility index (Phi) is 5.49. The third-order valence-electron chi connectivity index (χ3n) is 4.68. The van der Waals surface area contributed by atoms with Gasteiger partial charge in [-0.2, -0.15) is 0 Å². The van der Waals surface area contributed by atoms with E-state index in [1.807, 2.05) is 36.4 Å². The number of amides is 1. The van der Waals surface area contributed by atoms with Gasteiger partial charge < -0.3 is 14.5 Å². The summed E-state index contributed by atoms with van der Waals surface area (Å²) >= 11 is 6.20. The number of hydrogen-bond acceptors (Lipinski definition) is 4. The van der Waals surface area contributed by atoms with Crippen molar-refractivity contribution in [2.45, 2.75) is 6.42 Å². The van der Waals surface area contributed by atoms with Gasteiger partial charge >= 0.3 is 0 Å². The van der Waals surface area contributed by atoms with Crippen LogP contribution < -0.4 is 10.1 Å². The maximum absolute atomic E-state index is 12.2. The maximum atomic E-state index is 12.2. The number of hydrogen-bond donors (Lipinski definition) is 1. The van der Waals surface area contributed by atoms with Crippen molar-refractivity contribution >= 4 is 35.0 Å². The molecule has 0 saturated heterocycles. The van der Waals surface area contributed by atoms with Gasteiger partial charge in [-0.1, -0.05) is 23.7 Å². The van der Waals surface area contributed by atoms with Crippen LogP contribution in [-0.4, -0.2) is 25.3 Å². The number of ether oxygens (including phenoxy) is 1. The van der Waals surface area contributed by atoms with Crippen molar-refractivity contribution < 1.29 is 13.9 Å². The first-order chi connectivity index (χ1) is 14.1. The molecule has 0 fully saturated rings. The summed E-state index contributed by atoms with van der Waals surface area (Å²) in [6.45, 7) is 0.726. The highest BCUT2D eigenvalue weighted by atomic mass is 35.5. The minimum absolute atomic E-state index is 0.260. The Morgan fingerprint density at radius 3 is 2.93 bits per heavy atom. The molecule has 29 heavy (non-hydrogen) atoms. The summed E-state index contributed by atoms with van der Waals surface area (Å²) in [5, 5.41) is 3.52. The number of anilines is 1. The van der Waals surface area contributed by atoms with Gasteiger partial charge in [0.15, 0.2) is 0 Å². The minimum Gasteiger partial charge on any atom is -0.495 e. The molecule has 0 spiro atoms. The normalized spacial score (nSPS) is 13.1. The molecular weight excluding hydrogens is 388 g/mol. The molecule has 0 unspecified atom stereocenters. The summed E-state index contributed by atoms with van der Waals surface area (Å²) in [6.07, 6.45) is 7.13. The van der Waals surface area contributed by atoms with E-state index in [4.69, 9.17) is 25.7 Å². The summed E-state index contributed by atoms with van der Waals surface area (Å²) in [5.74, 6) is 0.300. The summed E-state index contributed by atoms with van der Waals surface area (Å²) in [4.78, 5) is 16.9. The highest BCUT2D eigenvalue weighted by molar-refractivity contribution is 6.31. The van der Waals surface area contributed by atoms with E-state index in [9.17, 15) is 4.79 Å². The quantitative estimate of drug-likeness (QED) is 0.607. The minimum atomic E-state index is -0.260. The fraction of sp³-hybridized carbons (Fsp3) is 0.130. The van der Waals surface area contributed by atoms with Crippen LogP contribution in [0.3, 0.4) is 0 Å². The first-order valence-corrected chi connectivity index (χ1v) is 9.55. The van der Waals surface area contributed by atoms with Crippen molar-refractivity contribution in [1.29, 1.82) is 0 Å². The molecule has 3 aromatic rings. The van der Waals surface area contributed by atoms with E-state index in [0.717, 1.165) is 35.4 Å². The number of methoxy groups -OCH3 is 1. The van der Waals surface area contributed by atoms with Crippen LogP contribution in [0.5, 0.6) is 5.75 Å². The second-order valence-corrected chi connectivity index (χ2v) is 7.01. The van der Waals surface area contributed by atoms with E-state index in [1.54, 1.807) is 31.8 Å². The van der Waals surface area contributed by atoms with Gasteiger partial charge in [0.05, 0.1) is 31.0 Å². The smallest absolute Gasteiger partial charge is 0.248 e. The molecule has 0 bridgehead atoms. The third kappa shape index (κ3) is 4.25. The highest BCUT2D eigenvalue weighted by Crippen LogP contribution is 2.30. The molecule has 0 radical (unpaired) electrons. The first-order valence-electron chi connectivity index (χ1n) is 9.17. The maximum Gasteiger partial charge on any atom is 0.248 e. The topological polar surface area (TPSA) is 63.8 Å². The van der Waals surface area contributed by atoms with Gasteiger partial charge in [-0.25, -0.2) is 0 Å². The molecule has 2 heterocycles. The van der Waals surface area contributed by atoms with E-state index in [2.05, 4.69) is 5.32 Å². The summed E-state index contributed by atoms with van der Waals surface area (Å²) < 4.78 is 10.5. The average molecular weight is 407 g/mol. The second kappa shape index (κ2) is 8.37. The Labute approximate surface area is 173 Å². The third-order valence-corrected chi connectivity index (χ3v) is 4.92. The SMILES string of the molecule is COc1cc(C2=NCCc3ccc(Cl)cc32)ccc1NC(=O)C=Cc1ccoc1. The van der Waals surface area contributed by atoms with Crippen LogP contribution in [0.25, 0.3) is 6.08 Å². The number of nitrogens with one attached hydrogen (secondary N) is 1. The Morgan fingerprint density at radius 2 is 2.14 bits per heavy atom. The highest BCUT2D eigenvalue weighted by Gasteiger charge is 2.18. The van der Waals surface area contributed by atoms with Crippen LogP contribution in [0.4, 0.5) is 5.69 Å². The molecule has 1 amide bonds. The van der Waals surface area contributed by atoms with Crippen LogP contribution in [0.1, 0.15) is 22.3 Å². The molecule has 146 valence electrons. The van der Waals surface area contributed by atoms with Gasteiger partial charge in [0.25, 0.3) is 0 Å². The molecule has 1 N–H and O–H groups in total. The number of carbonyl (C=O) groups is 1. The molecule has 1 aliphatic heterocycles. The lowest BCUT2D eigenvalue weighted by atomic mass is 9.93. The molecule has 2 aromatic carbocycles. The second-order valence-electron chi connectivity index (χ2n) is 6.58. The van der Waals surface area contributed by atoms with E-state index in [1.165, 1.54) is 11.6 Å². The Balaban J connectivity index is 1.58. The van der Waals surface area contributed by atoms with E-state index in [-0.39, 0.29) is 5.91 Å². The zero-order valence-corrected chi connectivity index (χ0v) is 16.6. The molecule has 0 saturated carbocycles. The molecule has 1 aliphatic rings. The van der Waals surface area contributed by atoms with Crippen molar-refractivity contribution in [2.75, 3.05) is 19.0 Å². The molecule has 6 heteroatoms. The van der Waals surface area contributed by atoms with Crippen molar-refractivity contribution in [3.05, 3.63) is 88.3 Å². The van der Waals surface area contributed by atoms with Gasteiger partial charge in [-0.3, -0.25) is 9.79 Å². The summed E-state index contributed by atoms with van der Waals surface area (Å²) in [5.41, 5.74) is 5.45. The first kappa shape index (κ1) is 19.0. The van der Waals surface area contributed by atoms with Crippen LogP contribution >= 0.6 is 11.6 Å². The molecule has 0 atom stereocenters. The number of aliphatic imine (C=N–C) groups is 1. The number of halogens is 1. The Bertz CT molecular complexity index is 1100. The predicted molar refractivity (Wildman–Crippen MR) is 115 cm³/mol. The van der Waals surface area contributed by atoms with Crippen LogP contribution in [0, 0.1) is 0 Å². The zero-order chi connectivity index (χ0) is 20.2. The van der Waals surface area contributed by atoms with Gasteiger partial charge in [0.2, 0.25) is 5.91 Å². The Hall–Kier alpha value is -3.31. The standard InChI is InChI=1S/C23H19ClN2O3/c1-28-21-12-17(23-19-13-18(24)5-3-16(19)8-10-25-23)4-6-20(21)26-22(27)7-2-15-9-11-29-14-15/h2-7,9,11-14H,8,10H2,1H3,(H,26,27). The molecule has 5 nitrogen and oxygen atoms in total. The lowest BCUT2D eigenvalue weighted by Crippen LogP contribution is -2.15. The zero-order valence-electron chi connectivity index (χ0n) is 15.8. The fourth-order valence-electron chi connectivity index (χ4n) is 3.27. The van der Waals surface area contributed by atoms with Gasteiger partial charge in [0, 0.05) is 34.3 Å². The largest absolute Gasteiger partial charge is 0.495 e. The summed E-state index contributed by atoms with van der Waals surface area (Å²) in [6, 6.07) is 13.3. The van der Waals surface area contributed by atoms with Gasteiger partial charge in [0.1, 0.15) is 5.75 Å². The number of rotatable bonds is 5. The predicted octanol–water partition coefficient (Wildman–Crippen LogP) is 4.99. The molecule has 0 aliphatic carbocycles. The average Bonchev–Trinajstić information content (AvgIpc) is 3.26. The Morgan fingerprint density at radius 1 is 1.24 bits per heavy atom. The van der Waals surface area contributed by atoms with Crippen molar-refractivity contribution in [3.63, 3.8) is 0 Å². The number of benzene rings is 2. The van der Waals surface area contributed by atoms with E-state index < -0.39 is 0 Å². The van der Waals surface area contributed by atoms with Crippen molar-refractivity contribution in [1.82, 2.24) is 0 Å². The number of fused-ring (bicyclic) bond motifs is 1. The van der Waals surface area contributed by atoms with Crippen molar-refractivity contribution in [3.8, 4) is 5.75 Å². The lowest BCUT2D eigenvalue weighted by molar-refractivity contribution is -0.111. The van der Waals surface area contributed by atoms with Crippen LogP contribution in [0.2, 0.25) is 5.02 Å². The molecule has 1 aromatic heterocycles. The fourth-order valence-corrected chi connectivity index (χ4v) is 3.44. The monoisotopic (exact) mass is 406 g/mol.